The van der Waals surface area contributed by atoms with Crippen molar-refractivity contribution in [1.29, 1.82) is 0 Å². The molecule has 1 fully saturated rings. The number of ether oxygens (including phenoxy) is 2. The Bertz CT molecular complexity index is 991. The van der Waals surface area contributed by atoms with Crippen molar-refractivity contribution in [2.45, 2.75) is 32.3 Å². The maximum absolute atomic E-state index is 12.9. The van der Waals surface area contributed by atoms with E-state index in [4.69, 9.17) is 13.9 Å². The van der Waals surface area contributed by atoms with Crippen LogP contribution in [0.1, 0.15) is 35.4 Å². The molecule has 0 spiro atoms. The number of fused-ring (bicyclic) bond motifs is 1. The standard InChI is InChI=1S/C22H22BrNO4/c1-14-17-12-15(23)9-10-19(17)28-21(14)22(25)24-18-7-2-3-8-20(18)27-13-16-6-4-5-11-26-16/h2-3,7-10,12,16H,4-6,11,13H2,1H3,(H,24,25). The third-order valence-corrected chi connectivity index (χ3v) is 5.43. The lowest BCUT2D eigenvalue weighted by molar-refractivity contribution is -0.0109. The van der Waals surface area contributed by atoms with Gasteiger partial charge in [0.1, 0.15) is 17.9 Å². The number of anilines is 1. The number of nitrogens with one attached hydrogen (secondary N) is 1. The molecule has 2 heterocycles. The summed E-state index contributed by atoms with van der Waals surface area (Å²) in [4.78, 5) is 12.9. The molecule has 0 saturated carbocycles. The lowest BCUT2D eigenvalue weighted by Crippen LogP contribution is -2.26. The third-order valence-electron chi connectivity index (χ3n) is 4.94. The van der Waals surface area contributed by atoms with Gasteiger partial charge in [0.25, 0.3) is 5.91 Å². The van der Waals surface area contributed by atoms with Crippen LogP contribution < -0.4 is 10.1 Å². The second-order valence-corrected chi connectivity index (χ2v) is 7.86. The molecule has 4 rings (SSSR count). The highest BCUT2D eigenvalue weighted by atomic mass is 79.9. The van der Waals surface area contributed by atoms with Crippen LogP contribution in [0, 0.1) is 6.92 Å². The minimum Gasteiger partial charge on any atom is -0.489 e. The van der Waals surface area contributed by atoms with E-state index in [1.54, 1.807) is 0 Å². The number of rotatable bonds is 5. The summed E-state index contributed by atoms with van der Waals surface area (Å²) >= 11 is 3.46. The Hall–Kier alpha value is -2.31. The van der Waals surface area contributed by atoms with E-state index in [1.807, 2.05) is 49.4 Å². The van der Waals surface area contributed by atoms with Crippen molar-refractivity contribution in [1.82, 2.24) is 0 Å². The van der Waals surface area contributed by atoms with Gasteiger partial charge in [-0.25, -0.2) is 0 Å². The largest absolute Gasteiger partial charge is 0.489 e. The van der Waals surface area contributed by atoms with Gasteiger partial charge in [-0.05, 0) is 56.5 Å². The van der Waals surface area contributed by atoms with E-state index in [-0.39, 0.29) is 12.0 Å². The maximum Gasteiger partial charge on any atom is 0.291 e. The first-order chi connectivity index (χ1) is 13.6. The van der Waals surface area contributed by atoms with Crippen molar-refractivity contribution in [2.75, 3.05) is 18.5 Å². The van der Waals surface area contributed by atoms with Crippen LogP contribution in [-0.4, -0.2) is 25.2 Å². The SMILES string of the molecule is Cc1c(C(=O)Nc2ccccc2OCC2CCCCO2)oc2ccc(Br)cc12. The quantitative estimate of drug-likeness (QED) is 0.548. The van der Waals surface area contributed by atoms with Gasteiger partial charge in [0.05, 0.1) is 11.8 Å². The van der Waals surface area contributed by atoms with E-state index in [0.29, 0.717) is 29.4 Å². The van der Waals surface area contributed by atoms with Gasteiger partial charge in [-0.15, -0.1) is 0 Å². The molecule has 146 valence electrons. The molecule has 3 aromatic rings. The van der Waals surface area contributed by atoms with E-state index >= 15 is 0 Å². The fraction of sp³-hybridized carbons (Fsp3) is 0.318. The van der Waals surface area contributed by atoms with Crippen molar-refractivity contribution in [3.63, 3.8) is 0 Å². The Morgan fingerprint density at radius 1 is 1.25 bits per heavy atom. The smallest absolute Gasteiger partial charge is 0.291 e. The molecule has 1 aliphatic heterocycles. The van der Waals surface area contributed by atoms with E-state index in [0.717, 1.165) is 41.3 Å². The minimum absolute atomic E-state index is 0.105. The van der Waals surface area contributed by atoms with Crippen LogP contribution in [0.3, 0.4) is 0 Å². The molecule has 1 unspecified atom stereocenters. The number of furan rings is 1. The van der Waals surface area contributed by atoms with Crippen molar-refractivity contribution in [2.24, 2.45) is 0 Å². The number of carbonyl (C=O) groups excluding carboxylic acids is 1. The zero-order chi connectivity index (χ0) is 19.5. The number of hydrogen-bond donors (Lipinski definition) is 1. The summed E-state index contributed by atoms with van der Waals surface area (Å²) in [5.41, 5.74) is 2.11. The highest BCUT2D eigenvalue weighted by Crippen LogP contribution is 2.30. The number of hydrogen-bond acceptors (Lipinski definition) is 4. The van der Waals surface area contributed by atoms with Crippen LogP contribution in [0.15, 0.2) is 51.4 Å². The van der Waals surface area contributed by atoms with Gasteiger partial charge in [0, 0.05) is 22.0 Å². The average Bonchev–Trinajstić information content (AvgIpc) is 3.04. The van der Waals surface area contributed by atoms with Crippen molar-refractivity contribution in [3.05, 3.63) is 58.3 Å². The summed E-state index contributed by atoms with van der Waals surface area (Å²) in [5, 5.41) is 3.84. The summed E-state index contributed by atoms with van der Waals surface area (Å²) in [6.45, 7) is 3.15. The summed E-state index contributed by atoms with van der Waals surface area (Å²) in [7, 11) is 0. The summed E-state index contributed by atoms with van der Waals surface area (Å²) in [5.74, 6) is 0.634. The van der Waals surface area contributed by atoms with E-state index in [1.165, 1.54) is 0 Å². The Morgan fingerprint density at radius 3 is 2.93 bits per heavy atom. The first kappa shape index (κ1) is 19.0. The van der Waals surface area contributed by atoms with Crippen LogP contribution in [0.25, 0.3) is 11.0 Å². The second kappa shape index (κ2) is 8.37. The van der Waals surface area contributed by atoms with Crippen molar-refractivity contribution < 1.29 is 18.7 Å². The summed E-state index contributed by atoms with van der Waals surface area (Å²) in [6, 6.07) is 13.1. The van der Waals surface area contributed by atoms with E-state index in [2.05, 4.69) is 21.2 Å². The molecule has 0 bridgehead atoms. The fourth-order valence-corrected chi connectivity index (χ4v) is 3.77. The molecule has 1 amide bonds. The number of carbonyl (C=O) groups is 1. The number of halogens is 1. The molecule has 1 atom stereocenters. The average molecular weight is 444 g/mol. The number of aryl methyl sites for hydroxylation is 1. The molecule has 5 nitrogen and oxygen atoms in total. The molecule has 6 heteroatoms. The highest BCUT2D eigenvalue weighted by Gasteiger charge is 2.20. The lowest BCUT2D eigenvalue weighted by Gasteiger charge is -2.23. The molecule has 1 N–H and O–H groups in total. The maximum atomic E-state index is 12.9. The van der Waals surface area contributed by atoms with Gasteiger partial charge in [-0.3, -0.25) is 4.79 Å². The second-order valence-electron chi connectivity index (χ2n) is 6.95. The van der Waals surface area contributed by atoms with Crippen LogP contribution in [-0.2, 0) is 4.74 Å². The van der Waals surface area contributed by atoms with E-state index in [9.17, 15) is 4.79 Å². The highest BCUT2D eigenvalue weighted by molar-refractivity contribution is 9.10. The summed E-state index contributed by atoms with van der Waals surface area (Å²) in [6.07, 6.45) is 3.38. The van der Waals surface area contributed by atoms with Crippen LogP contribution >= 0.6 is 15.9 Å². The van der Waals surface area contributed by atoms with E-state index < -0.39 is 0 Å². The lowest BCUT2D eigenvalue weighted by atomic mass is 10.1. The van der Waals surface area contributed by atoms with Gasteiger partial charge >= 0.3 is 0 Å². The van der Waals surface area contributed by atoms with Crippen LogP contribution in [0.5, 0.6) is 5.75 Å². The molecule has 0 radical (unpaired) electrons. The monoisotopic (exact) mass is 443 g/mol. The topological polar surface area (TPSA) is 60.7 Å². The molecule has 0 aliphatic carbocycles. The molecular weight excluding hydrogens is 422 g/mol. The van der Waals surface area contributed by atoms with Crippen molar-refractivity contribution in [3.8, 4) is 5.75 Å². The van der Waals surface area contributed by atoms with Crippen LogP contribution in [0.2, 0.25) is 0 Å². The van der Waals surface area contributed by atoms with Crippen molar-refractivity contribution >= 4 is 38.5 Å². The van der Waals surface area contributed by atoms with Gasteiger partial charge in [-0.1, -0.05) is 28.1 Å². The van der Waals surface area contributed by atoms with Gasteiger partial charge in [0.2, 0.25) is 0 Å². The predicted molar refractivity (Wildman–Crippen MR) is 112 cm³/mol. The predicted octanol–water partition coefficient (Wildman–Crippen LogP) is 5.70. The first-order valence-electron chi connectivity index (χ1n) is 9.45. The third kappa shape index (κ3) is 4.08. The van der Waals surface area contributed by atoms with Crippen LogP contribution in [0.4, 0.5) is 5.69 Å². The number of para-hydroxylation sites is 2. The van der Waals surface area contributed by atoms with Gasteiger partial charge < -0.3 is 19.2 Å². The molecule has 2 aromatic carbocycles. The molecule has 1 saturated heterocycles. The zero-order valence-corrected chi connectivity index (χ0v) is 17.3. The Balaban J connectivity index is 1.51. The van der Waals surface area contributed by atoms with Gasteiger partial charge in [-0.2, -0.15) is 0 Å². The molecule has 1 aromatic heterocycles. The first-order valence-corrected chi connectivity index (χ1v) is 10.2. The number of amides is 1. The summed E-state index contributed by atoms with van der Waals surface area (Å²) < 4.78 is 18.4. The normalized spacial score (nSPS) is 16.9. The van der Waals surface area contributed by atoms with Gasteiger partial charge in [0.15, 0.2) is 5.76 Å². The molecule has 28 heavy (non-hydrogen) atoms. The Morgan fingerprint density at radius 2 is 2.11 bits per heavy atom. The fourth-order valence-electron chi connectivity index (χ4n) is 3.41. The minimum atomic E-state index is -0.296. The zero-order valence-electron chi connectivity index (χ0n) is 15.7. The Kier molecular flexibility index (Phi) is 5.69. The number of benzene rings is 2. The molecular formula is C22H22BrNO4. The Labute approximate surface area is 172 Å². The molecule has 1 aliphatic rings.